The van der Waals surface area contributed by atoms with Crippen molar-refractivity contribution in [2.24, 2.45) is 5.92 Å². The molecule has 0 spiro atoms. The van der Waals surface area contributed by atoms with Gasteiger partial charge in [-0.1, -0.05) is 22.9 Å². The van der Waals surface area contributed by atoms with Crippen LogP contribution in [-0.4, -0.2) is 45.9 Å². The van der Waals surface area contributed by atoms with E-state index in [4.69, 9.17) is 0 Å². The molecule has 1 unspecified atom stereocenters. The molecular formula is C17H24N4O3S. The highest BCUT2D eigenvalue weighted by atomic mass is 32.2. The Labute approximate surface area is 148 Å². The minimum absolute atomic E-state index is 0.355. The first kappa shape index (κ1) is 18.0. The standard InChI is InChI=1S/C17H24N4O3S/c1-13-3-5-16(6-4-13)25(23,24)21-9-7-15(8-10-21)11-20-12-17(14(2)22)18-19-20/h3-6,12,14-15,22H,7-11H2,1-2H3. The number of nitrogens with zero attached hydrogens (tertiary/aromatic N) is 4. The Bertz CT molecular complexity index is 807. The van der Waals surface area contributed by atoms with Crippen LogP contribution in [0.4, 0.5) is 0 Å². The zero-order valence-corrected chi connectivity index (χ0v) is 15.4. The molecule has 1 saturated heterocycles. The third-order valence-corrected chi connectivity index (χ3v) is 6.57. The predicted octanol–water partition coefficient (Wildman–Crippen LogP) is 1.74. The summed E-state index contributed by atoms with van der Waals surface area (Å²) in [7, 11) is -3.42. The summed E-state index contributed by atoms with van der Waals surface area (Å²) < 4.78 is 28.7. The van der Waals surface area contributed by atoms with E-state index in [0.717, 1.165) is 18.4 Å². The second-order valence-corrected chi connectivity index (χ2v) is 8.64. The number of hydrogen-bond acceptors (Lipinski definition) is 5. The summed E-state index contributed by atoms with van der Waals surface area (Å²) in [6.45, 7) is 5.31. The molecule has 0 saturated carbocycles. The molecule has 1 aromatic carbocycles. The van der Waals surface area contributed by atoms with Gasteiger partial charge in [-0.15, -0.1) is 5.10 Å². The van der Waals surface area contributed by atoms with E-state index < -0.39 is 16.1 Å². The number of rotatable bonds is 5. The molecule has 0 aliphatic carbocycles. The van der Waals surface area contributed by atoms with Crippen LogP contribution < -0.4 is 0 Å². The number of aromatic nitrogens is 3. The summed E-state index contributed by atoms with van der Waals surface area (Å²) in [5.41, 5.74) is 1.60. The predicted molar refractivity (Wildman–Crippen MR) is 93.3 cm³/mol. The van der Waals surface area contributed by atoms with Crippen LogP contribution in [0.3, 0.4) is 0 Å². The second kappa shape index (κ2) is 7.23. The van der Waals surface area contributed by atoms with Gasteiger partial charge in [-0.2, -0.15) is 4.31 Å². The fraction of sp³-hybridized carbons (Fsp3) is 0.529. The van der Waals surface area contributed by atoms with Gasteiger partial charge in [-0.3, -0.25) is 4.68 Å². The van der Waals surface area contributed by atoms with Crippen molar-refractivity contribution in [3.63, 3.8) is 0 Å². The molecule has 25 heavy (non-hydrogen) atoms. The van der Waals surface area contributed by atoms with Gasteiger partial charge in [0.25, 0.3) is 0 Å². The maximum absolute atomic E-state index is 12.7. The average Bonchev–Trinajstić information content (AvgIpc) is 3.04. The Balaban J connectivity index is 1.60. The highest BCUT2D eigenvalue weighted by Gasteiger charge is 2.29. The second-order valence-electron chi connectivity index (χ2n) is 6.70. The van der Waals surface area contributed by atoms with Crippen LogP contribution in [0.1, 0.15) is 37.1 Å². The number of sulfonamides is 1. The van der Waals surface area contributed by atoms with E-state index in [1.165, 1.54) is 0 Å². The van der Waals surface area contributed by atoms with Crippen molar-refractivity contribution >= 4 is 10.0 Å². The van der Waals surface area contributed by atoms with Crippen molar-refractivity contribution in [2.45, 2.75) is 44.2 Å². The first-order valence-electron chi connectivity index (χ1n) is 8.51. The van der Waals surface area contributed by atoms with E-state index >= 15 is 0 Å². The van der Waals surface area contributed by atoms with E-state index in [-0.39, 0.29) is 0 Å². The molecular weight excluding hydrogens is 340 g/mol. The molecule has 8 heteroatoms. The van der Waals surface area contributed by atoms with Crippen molar-refractivity contribution in [2.75, 3.05) is 13.1 Å². The molecule has 1 N–H and O–H groups in total. The van der Waals surface area contributed by atoms with Crippen LogP contribution in [0.2, 0.25) is 0 Å². The van der Waals surface area contributed by atoms with Gasteiger partial charge in [0.2, 0.25) is 10.0 Å². The third kappa shape index (κ3) is 4.08. The first-order chi connectivity index (χ1) is 11.9. The van der Waals surface area contributed by atoms with Crippen LogP contribution >= 0.6 is 0 Å². The van der Waals surface area contributed by atoms with E-state index in [1.807, 2.05) is 19.1 Å². The van der Waals surface area contributed by atoms with E-state index in [1.54, 1.807) is 34.2 Å². The number of aryl methyl sites for hydroxylation is 1. The van der Waals surface area contributed by atoms with Gasteiger partial charge in [-0.05, 0) is 44.7 Å². The average molecular weight is 364 g/mol. The summed E-state index contributed by atoms with van der Waals surface area (Å²) in [5, 5.41) is 17.5. The summed E-state index contributed by atoms with van der Waals surface area (Å²) >= 11 is 0. The molecule has 1 fully saturated rings. The Hall–Kier alpha value is -1.77. The highest BCUT2D eigenvalue weighted by molar-refractivity contribution is 7.89. The van der Waals surface area contributed by atoms with E-state index in [0.29, 0.717) is 36.1 Å². The zero-order chi connectivity index (χ0) is 18.0. The van der Waals surface area contributed by atoms with Crippen LogP contribution in [0.15, 0.2) is 35.4 Å². The van der Waals surface area contributed by atoms with Gasteiger partial charge >= 0.3 is 0 Å². The zero-order valence-electron chi connectivity index (χ0n) is 14.5. The van der Waals surface area contributed by atoms with Gasteiger partial charge in [-0.25, -0.2) is 8.42 Å². The fourth-order valence-electron chi connectivity index (χ4n) is 3.05. The molecule has 1 aromatic heterocycles. The first-order valence-corrected chi connectivity index (χ1v) is 9.95. The number of hydrogen-bond donors (Lipinski definition) is 1. The molecule has 0 radical (unpaired) electrons. The van der Waals surface area contributed by atoms with Crippen molar-refractivity contribution in [1.29, 1.82) is 0 Å². The lowest BCUT2D eigenvalue weighted by Gasteiger charge is -2.31. The lowest BCUT2D eigenvalue weighted by atomic mass is 9.98. The van der Waals surface area contributed by atoms with Crippen molar-refractivity contribution in [1.82, 2.24) is 19.3 Å². The molecule has 2 heterocycles. The Morgan fingerprint density at radius 1 is 1.24 bits per heavy atom. The van der Waals surface area contributed by atoms with Crippen molar-refractivity contribution in [3.05, 3.63) is 41.7 Å². The minimum atomic E-state index is -3.42. The summed E-state index contributed by atoms with van der Waals surface area (Å²) in [6.07, 6.45) is 2.69. The third-order valence-electron chi connectivity index (χ3n) is 4.66. The minimum Gasteiger partial charge on any atom is -0.387 e. The summed E-state index contributed by atoms with van der Waals surface area (Å²) in [4.78, 5) is 0.356. The largest absolute Gasteiger partial charge is 0.387 e. The lowest BCUT2D eigenvalue weighted by Crippen LogP contribution is -2.39. The molecule has 1 aliphatic heterocycles. The monoisotopic (exact) mass is 364 g/mol. The van der Waals surface area contributed by atoms with Crippen LogP contribution in [0, 0.1) is 12.8 Å². The van der Waals surface area contributed by atoms with Gasteiger partial charge in [0.15, 0.2) is 0 Å². The molecule has 136 valence electrons. The maximum Gasteiger partial charge on any atom is 0.243 e. The van der Waals surface area contributed by atoms with Gasteiger partial charge in [0.05, 0.1) is 17.2 Å². The molecule has 0 amide bonds. The fourth-order valence-corrected chi connectivity index (χ4v) is 4.52. The smallest absolute Gasteiger partial charge is 0.243 e. The number of aliphatic hydroxyl groups excluding tert-OH is 1. The molecule has 7 nitrogen and oxygen atoms in total. The van der Waals surface area contributed by atoms with E-state index in [9.17, 15) is 13.5 Å². The lowest BCUT2D eigenvalue weighted by molar-refractivity contribution is 0.194. The maximum atomic E-state index is 12.7. The molecule has 0 bridgehead atoms. The number of piperidine rings is 1. The molecule has 2 aromatic rings. The molecule has 1 atom stereocenters. The Morgan fingerprint density at radius 2 is 1.88 bits per heavy atom. The highest BCUT2D eigenvalue weighted by Crippen LogP contribution is 2.25. The van der Waals surface area contributed by atoms with Gasteiger partial charge in [0.1, 0.15) is 5.69 Å². The topological polar surface area (TPSA) is 88.3 Å². The number of benzene rings is 1. The summed E-state index contributed by atoms with van der Waals surface area (Å²) in [6, 6.07) is 6.99. The SMILES string of the molecule is Cc1ccc(S(=O)(=O)N2CCC(Cn3cc(C(C)O)nn3)CC2)cc1. The summed E-state index contributed by atoms with van der Waals surface area (Å²) in [5.74, 6) is 0.355. The van der Waals surface area contributed by atoms with Crippen LogP contribution in [0.25, 0.3) is 0 Å². The normalized spacial score (nSPS) is 18.4. The Morgan fingerprint density at radius 3 is 2.44 bits per heavy atom. The molecule has 3 rings (SSSR count). The van der Waals surface area contributed by atoms with Crippen LogP contribution in [0.5, 0.6) is 0 Å². The van der Waals surface area contributed by atoms with Gasteiger partial charge < -0.3 is 5.11 Å². The van der Waals surface area contributed by atoms with Gasteiger partial charge in [0, 0.05) is 19.6 Å². The van der Waals surface area contributed by atoms with E-state index in [2.05, 4.69) is 10.3 Å². The van der Waals surface area contributed by atoms with Crippen molar-refractivity contribution in [3.8, 4) is 0 Å². The quantitative estimate of drug-likeness (QED) is 0.873. The Kier molecular flexibility index (Phi) is 5.21. The van der Waals surface area contributed by atoms with Crippen LogP contribution in [-0.2, 0) is 16.6 Å². The van der Waals surface area contributed by atoms with Crippen molar-refractivity contribution < 1.29 is 13.5 Å². The molecule has 1 aliphatic rings. The number of aliphatic hydroxyl groups is 1.